The molecule has 140 valence electrons. The minimum absolute atomic E-state index is 0.251. The molecule has 6 heteroatoms. The van der Waals surface area contributed by atoms with Crippen LogP contribution in [0.1, 0.15) is 35.7 Å². The summed E-state index contributed by atoms with van der Waals surface area (Å²) in [6, 6.07) is 6.49. The maximum atomic E-state index is 5.67. The summed E-state index contributed by atoms with van der Waals surface area (Å²) in [5.74, 6) is 2.48. The van der Waals surface area contributed by atoms with Gasteiger partial charge in [-0.25, -0.2) is 0 Å². The molecular formula is C20H28N4O2. The lowest BCUT2D eigenvalue weighted by Gasteiger charge is -2.37. The van der Waals surface area contributed by atoms with Crippen molar-refractivity contribution in [3.63, 3.8) is 0 Å². The molecule has 0 bridgehead atoms. The van der Waals surface area contributed by atoms with E-state index in [0.717, 1.165) is 57.3 Å². The molecule has 0 saturated carbocycles. The van der Waals surface area contributed by atoms with Crippen molar-refractivity contribution in [2.75, 3.05) is 33.4 Å². The Labute approximate surface area is 155 Å². The molecule has 2 saturated heterocycles. The molecule has 6 nitrogen and oxygen atoms in total. The number of aryl methyl sites for hydroxylation is 2. The normalized spacial score (nSPS) is 22.8. The van der Waals surface area contributed by atoms with Crippen LogP contribution < -0.4 is 4.74 Å². The number of methoxy groups -OCH3 is 1. The van der Waals surface area contributed by atoms with Crippen LogP contribution >= 0.6 is 0 Å². The number of rotatable bonds is 4. The first-order chi connectivity index (χ1) is 12.6. The highest BCUT2D eigenvalue weighted by atomic mass is 16.5. The second-order valence-corrected chi connectivity index (χ2v) is 7.80. The van der Waals surface area contributed by atoms with Crippen LogP contribution in [0.25, 0.3) is 0 Å². The highest BCUT2D eigenvalue weighted by Crippen LogP contribution is 2.49. The van der Waals surface area contributed by atoms with Gasteiger partial charge in [-0.15, -0.1) is 10.2 Å². The zero-order valence-corrected chi connectivity index (χ0v) is 15.9. The first-order valence-corrected chi connectivity index (χ1v) is 9.39. The molecule has 26 heavy (non-hydrogen) atoms. The predicted octanol–water partition coefficient (Wildman–Crippen LogP) is 2.53. The quantitative estimate of drug-likeness (QED) is 0.843. The zero-order valence-electron chi connectivity index (χ0n) is 15.9. The number of benzene rings is 1. The van der Waals surface area contributed by atoms with Crippen molar-refractivity contribution < 1.29 is 9.47 Å². The van der Waals surface area contributed by atoms with Gasteiger partial charge >= 0.3 is 0 Å². The highest BCUT2D eigenvalue weighted by molar-refractivity contribution is 5.36. The van der Waals surface area contributed by atoms with Gasteiger partial charge in [0.1, 0.15) is 17.9 Å². The van der Waals surface area contributed by atoms with Crippen molar-refractivity contribution in [2.45, 2.75) is 32.2 Å². The minimum Gasteiger partial charge on any atom is -0.496 e. The third-order valence-corrected chi connectivity index (χ3v) is 6.13. The number of aromatic nitrogens is 3. The third-order valence-electron chi connectivity index (χ3n) is 6.13. The summed E-state index contributed by atoms with van der Waals surface area (Å²) in [4.78, 5) is 2.58. The average Bonchev–Trinajstić information content (AvgIpc) is 3.19. The predicted molar refractivity (Wildman–Crippen MR) is 99.2 cm³/mol. The molecule has 3 heterocycles. The Morgan fingerprint density at radius 2 is 2.12 bits per heavy atom. The maximum absolute atomic E-state index is 5.67. The van der Waals surface area contributed by atoms with E-state index in [-0.39, 0.29) is 5.41 Å². The van der Waals surface area contributed by atoms with Gasteiger partial charge in [-0.05, 0) is 42.4 Å². The Hall–Kier alpha value is -1.92. The second-order valence-electron chi connectivity index (χ2n) is 7.80. The van der Waals surface area contributed by atoms with E-state index in [1.807, 2.05) is 6.33 Å². The zero-order chi connectivity index (χ0) is 18.1. The van der Waals surface area contributed by atoms with Crippen molar-refractivity contribution in [1.82, 2.24) is 19.7 Å². The molecule has 1 spiro atoms. The van der Waals surface area contributed by atoms with Gasteiger partial charge in [0.25, 0.3) is 0 Å². The molecule has 4 rings (SSSR count). The Morgan fingerprint density at radius 1 is 1.31 bits per heavy atom. The number of nitrogens with zero attached hydrogens (tertiary/aromatic N) is 4. The minimum atomic E-state index is 0.251. The van der Waals surface area contributed by atoms with Gasteiger partial charge in [-0.3, -0.25) is 4.90 Å². The van der Waals surface area contributed by atoms with Crippen molar-refractivity contribution in [3.8, 4) is 5.75 Å². The number of hydrogen-bond acceptors (Lipinski definition) is 5. The molecule has 0 N–H and O–H groups in total. The number of likely N-dealkylation sites (tertiary alicyclic amines) is 1. The molecule has 2 aliphatic heterocycles. The van der Waals surface area contributed by atoms with Crippen LogP contribution in [0.5, 0.6) is 5.75 Å². The van der Waals surface area contributed by atoms with Crippen LogP contribution in [-0.4, -0.2) is 53.1 Å². The second kappa shape index (κ2) is 7.00. The Balaban J connectivity index is 1.57. The average molecular weight is 356 g/mol. The lowest BCUT2D eigenvalue weighted by molar-refractivity contribution is 0.0105. The Kier molecular flexibility index (Phi) is 4.71. The molecule has 1 atom stereocenters. The van der Waals surface area contributed by atoms with Crippen molar-refractivity contribution >= 4 is 0 Å². The highest BCUT2D eigenvalue weighted by Gasteiger charge is 2.49. The fourth-order valence-electron chi connectivity index (χ4n) is 4.74. The van der Waals surface area contributed by atoms with Crippen LogP contribution in [0, 0.1) is 12.3 Å². The van der Waals surface area contributed by atoms with Crippen LogP contribution in [0.15, 0.2) is 24.5 Å². The van der Waals surface area contributed by atoms with Gasteiger partial charge in [0, 0.05) is 45.8 Å². The van der Waals surface area contributed by atoms with E-state index in [9.17, 15) is 0 Å². The summed E-state index contributed by atoms with van der Waals surface area (Å²) in [6.07, 6.45) is 4.02. The fourth-order valence-corrected chi connectivity index (χ4v) is 4.74. The smallest absolute Gasteiger partial charge is 0.137 e. The largest absolute Gasteiger partial charge is 0.496 e. The summed E-state index contributed by atoms with van der Waals surface area (Å²) in [5.41, 5.74) is 2.78. The molecule has 1 aromatic heterocycles. The first kappa shape index (κ1) is 17.5. The summed E-state index contributed by atoms with van der Waals surface area (Å²) in [7, 11) is 3.78. The third kappa shape index (κ3) is 3.12. The van der Waals surface area contributed by atoms with E-state index >= 15 is 0 Å². The Bertz CT molecular complexity index is 767. The van der Waals surface area contributed by atoms with Crippen LogP contribution in [0.4, 0.5) is 0 Å². The molecule has 0 amide bonds. The van der Waals surface area contributed by atoms with E-state index in [2.05, 4.69) is 51.8 Å². The van der Waals surface area contributed by atoms with Gasteiger partial charge in [-0.1, -0.05) is 12.1 Å². The molecule has 1 aromatic carbocycles. The lowest BCUT2D eigenvalue weighted by atomic mass is 9.72. The van der Waals surface area contributed by atoms with Gasteiger partial charge in [0.15, 0.2) is 0 Å². The molecule has 2 fully saturated rings. The fraction of sp³-hybridized carbons (Fsp3) is 0.600. The van der Waals surface area contributed by atoms with E-state index < -0.39 is 0 Å². The standard InChI is InChI=1S/C20H28N4O2/c1-15-10-16(4-5-18(15)25-3)11-24-12-17(19-22-21-14-23(19)2)20(13-24)6-8-26-9-7-20/h4-5,10,14,17H,6-9,11-13H2,1-3H3. The summed E-state index contributed by atoms with van der Waals surface area (Å²) in [6.45, 7) is 6.89. The first-order valence-electron chi connectivity index (χ1n) is 9.39. The van der Waals surface area contributed by atoms with Gasteiger partial charge in [0.05, 0.1) is 7.11 Å². The van der Waals surface area contributed by atoms with Crippen molar-refractivity contribution in [2.24, 2.45) is 12.5 Å². The maximum Gasteiger partial charge on any atom is 0.137 e. The Morgan fingerprint density at radius 3 is 2.77 bits per heavy atom. The van der Waals surface area contributed by atoms with Crippen LogP contribution in [0.3, 0.4) is 0 Å². The molecule has 1 unspecified atom stereocenters. The van der Waals surface area contributed by atoms with E-state index in [1.54, 1.807) is 7.11 Å². The molecule has 0 aliphatic carbocycles. The van der Waals surface area contributed by atoms with Crippen molar-refractivity contribution in [3.05, 3.63) is 41.5 Å². The van der Waals surface area contributed by atoms with Crippen LogP contribution in [-0.2, 0) is 18.3 Å². The van der Waals surface area contributed by atoms with Gasteiger partial charge < -0.3 is 14.0 Å². The van der Waals surface area contributed by atoms with Crippen molar-refractivity contribution in [1.29, 1.82) is 0 Å². The summed E-state index contributed by atoms with van der Waals surface area (Å²) >= 11 is 0. The van der Waals surface area contributed by atoms with E-state index in [0.29, 0.717) is 5.92 Å². The summed E-state index contributed by atoms with van der Waals surface area (Å²) in [5, 5.41) is 8.59. The summed E-state index contributed by atoms with van der Waals surface area (Å²) < 4.78 is 13.2. The topological polar surface area (TPSA) is 52.4 Å². The molecular weight excluding hydrogens is 328 g/mol. The van der Waals surface area contributed by atoms with Gasteiger partial charge in [0.2, 0.25) is 0 Å². The van der Waals surface area contributed by atoms with E-state index in [1.165, 1.54) is 11.1 Å². The molecule has 0 radical (unpaired) electrons. The SMILES string of the molecule is COc1ccc(CN2CC(c3nncn3C)C3(CCOCC3)C2)cc1C. The number of ether oxygens (including phenoxy) is 2. The number of hydrogen-bond donors (Lipinski definition) is 0. The molecule has 2 aliphatic rings. The van der Waals surface area contributed by atoms with E-state index in [4.69, 9.17) is 9.47 Å². The monoisotopic (exact) mass is 356 g/mol. The van der Waals surface area contributed by atoms with Gasteiger partial charge in [-0.2, -0.15) is 0 Å². The van der Waals surface area contributed by atoms with Crippen LogP contribution in [0.2, 0.25) is 0 Å². The lowest BCUT2D eigenvalue weighted by Crippen LogP contribution is -2.36. The molecule has 2 aromatic rings.